The summed E-state index contributed by atoms with van der Waals surface area (Å²) in [7, 11) is 1.37. The van der Waals surface area contributed by atoms with Gasteiger partial charge in [0.1, 0.15) is 6.10 Å². The summed E-state index contributed by atoms with van der Waals surface area (Å²) in [6, 6.07) is 0.381. The number of pyridine rings is 1. The zero-order valence-corrected chi connectivity index (χ0v) is 19.6. The van der Waals surface area contributed by atoms with E-state index in [1.165, 1.54) is 19.4 Å². The normalized spacial score (nSPS) is 24.2. The molecule has 1 amide bonds. The fraction of sp³-hybridized carbons (Fsp3) is 0.696. The van der Waals surface area contributed by atoms with Crippen molar-refractivity contribution in [2.75, 3.05) is 26.9 Å². The molecule has 0 aliphatic carbocycles. The second kappa shape index (κ2) is 12.6. The molecule has 0 bridgehead atoms. The Morgan fingerprint density at radius 2 is 2.12 bits per heavy atom. The van der Waals surface area contributed by atoms with E-state index in [0.29, 0.717) is 19.1 Å². The van der Waals surface area contributed by atoms with Gasteiger partial charge in [-0.3, -0.25) is 4.79 Å². The number of nitrogens with one attached hydrogen (secondary N) is 1. The summed E-state index contributed by atoms with van der Waals surface area (Å²) in [5, 5.41) is 12.7. The summed E-state index contributed by atoms with van der Waals surface area (Å²) in [6.45, 7) is 8.99. The number of nitrogens with zero attached hydrogens (tertiary/aromatic N) is 1. The molecule has 9 heteroatoms. The van der Waals surface area contributed by atoms with Gasteiger partial charge in [-0.15, -0.1) is 0 Å². The van der Waals surface area contributed by atoms with E-state index in [0.717, 1.165) is 19.3 Å². The van der Waals surface area contributed by atoms with Gasteiger partial charge in [0.2, 0.25) is 0 Å². The lowest BCUT2D eigenvalue weighted by Gasteiger charge is -2.31. The Morgan fingerprint density at radius 1 is 1.38 bits per heavy atom. The van der Waals surface area contributed by atoms with Crippen LogP contribution < -0.4 is 10.1 Å². The summed E-state index contributed by atoms with van der Waals surface area (Å²) in [4.78, 5) is 29.4. The van der Waals surface area contributed by atoms with E-state index < -0.39 is 29.8 Å². The number of hydrogen-bond donors (Lipinski definition) is 2. The number of carbonyl (C=O) groups excluding carboxylic acids is 2. The number of amides is 1. The Labute approximate surface area is 189 Å². The molecule has 2 N–H and O–H groups in total. The number of ether oxygens (including phenoxy) is 4. The van der Waals surface area contributed by atoms with Crippen LogP contribution in [0.2, 0.25) is 0 Å². The van der Waals surface area contributed by atoms with E-state index in [1.807, 2.05) is 13.8 Å². The predicted molar refractivity (Wildman–Crippen MR) is 118 cm³/mol. The summed E-state index contributed by atoms with van der Waals surface area (Å²) in [5.41, 5.74) is -0.246. The molecular weight excluding hydrogens is 416 g/mol. The largest absolute Gasteiger partial charge is 0.503 e. The Bertz CT molecular complexity index is 756. The Kier molecular flexibility index (Phi) is 10.2. The highest BCUT2D eigenvalue weighted by molar-refractivity contribution is 5.98. The molecule has 1 aromatic rings. The van der Waals surface area contributed by atoms with Crippen LogP contribution in [0.4, 0.5) is 0 Å². The predicted octanol–water partition coefficient (Wildman–Crippen LogP) is 2.70. The number of cyclic esters (lactones) is 1. The van der Waals surface area contributed by atoms with Gasteiger partial charge < -0.3 is 29.4 Å². The number of aromatic hydroxyl groups is 1. The van der Waals surface area contributed by atoms with Crippen molar-refractivity contribution in [2.24, 2.45) is 11.8 Å². The standard InChI is InChI=1S/C23H36N2O7/c1-6-11-31-19-13-30-12-17(23(28)32-15(4)16(19)8-7-14(2)3)25-22(27)20-21(26)18(29-5)9-10-24-20/h9-10,14-17,19,26H,6-8,11-13H2,1-5H3,(H,25,27)/t15-,16-,17-,19-/m0/s1. The third-order valence-electron chi connectivity index (χ3n) is 5.47. The van der Waals surface area contributed by atoms with Crippen molar-refractivity contribution in [3.63, 3.8) is 0 Å². The number of esters is 1. The van der Waals surface area contributed by atoms with Crippen LogP contribution in [-0.4, -0.2) is 67.1 Å². The van der Waals surface area contributed by atoms with E-state index >= 15 is 0 Å². The molecule has 2 rings (SSSR count). The molecule has 1 saturated heterocycles. The molecule has 9 nitrogen and oxygen atoms in total. The first-order chi connectivity index (χ1) is 15.3. The van der Waals surface area contributed by atoms with E-state index in [4.69, 9.17) is 18.9 Å². The molecule has 1 aliphatic rings. The summed E-state index contributed by atoms with van der Waals surface area (Å²) >= 11 is 0. The van der Waals surface area contributed by atoms with Crippen LogP contribution in [0, 0.1) is 11.8 Å². The zero-order chi connectivity index (χ0) is 23.7. The first-order valence-corrected chi connectivity index (χ1v) is 11.2. The lowest BCUT2D eigenvalue weighted by Crippen LogP contribution is -2.46. The van der Waals surface area contributed by atoms with E-state index in [1.54, 1.807) is 0 Å². The number of aromatic nitrogens is 1. The molecule has 0 saturated carbocycles. The van der Waals surface area contributed by atoms with Crippen molar-refractivity contribution in [3.8, 4) is 11.5 Å². The third-order valence-corrected chi connectivity index (χ3v) is 5.47. The van der Waals surface area contributed by atoms with Gasteiger partial charge in [-0.05, 0) is 25.7 Å². The monoisotopic (exact) mass is 452 g/mol. The van der Waals surface area contributed by atoms with Gasteiger partial charge >= 0.3 is 5.97 Å². The highest BCUT2D eigenvalue weighted by Gasteiger charge is 2.35. The average molecular weight is 453 g/mol. The lowest BCUT2D eigenvalue weighted by molar-refractivity contribution is -0.155. The van der Waals surface area contributed by atoms with Crippen molar-refractivity contribution in [1.82, 2.24) is 10.3 Å². The SMILES string of the molecule is CCCO[C@H]1COC[C@H](NC(=O)c2nccc(OC)c2O)C(=O)O[C@@H](C)[C@@H]1CCC(C)C. The van der Waals surface area contributed by atoms with E-state index in [2.05, 4.69) is 24.1 Å². The fourth-order valence-corrected chi connectivity index (χ4v) is 3.63. The maximum Gasteiger partial charge on any atom is 0.331 e. The van der Waals surface area contributed by atoms with Gasteiger partial charge in [0.15, 0.2) is 23.2 Å². The van der Waals surface area contributed by atoms with Gasteiger partial charge in [0.25, 0.3) is 5.91 Å². The van der Waals surface area contributed by atoms with Crippen LogP contribution in [0.3, 0.4) is 0 Å². The van der Waals surface area contributed by atoms with E-state index in [-0.39, 0.29) is 30.1 Å². The summed E-state index contributed by atoms with van der Waals surface area (Å²) < 4.78 is 22.6. The molecule has 1 aliphatic heterocycles. The highest BCUT2D eigenvalue weighted by atomic mass is 16.6. The number of rotatable bonds is 9. The van der Waals surface area contributed by atoms with Crippen LogP contribution in [0.1, 0.15) is 57.4 Å². The minimum absolute atomic E-state index is 0.0218. The lowest BCUT2D eigenvalue weighted by atomic mass is 9.89. The molecule has 32 heavy (non-hydrogen) atoms. The van der Waals surface area contributed by atoms with Crippen LogP contribution in [0.15, 0.2) is 12.3 Å². The number of carbonyl (C=O) groups is 2. The van der Waals surface area contributed by atoms with Crippen molar-refractivity contribution < 1.29 is 33.6 Å². The smallest absolute Gasteiger partial charge is 0.331 e. The second-order valence-corrected chi connectivity index (χ2v) is 8.46. The number of methoxy groups -OCH3 is 1. The van der Waals surface area contributed by atoms with Crippen molar-refractivity contribution in [2.45, 2.75) is 65.2 Å². The third kappa shape index (κ3) is 7.06. The van der Waals surface area contributed by atoms with Crippen LogP contribution in [-0.2, 0) is 19.0 Å². The molecular formula is C23H36N2O7. The van der Waals surface area contributed by atoms with Crippen LogP contribution in [0.25, 0.3) is 0 Å². The van der Waals surface area contributed by atoms with E-state index in [9.17, 15) is 14.7 Å². The van der Waals surface area contributed by atoms with Crippen molar-refractivity contribution in [3.05, 3.63) is 18.0 Å². The second-order valence-electron chi connectivity index (χ2n) is 8.46. The van der Waals surface area contributed by atoms with Crippen LogP contribution in [0.5, 0.6) is 11.5 Å². The van der Waals surface area contributed by atoms with Gasteiger partial charge in [-0.2, -0.15) is 0 Å². The Hall–Kier alpha value is -2.39. The summed E-state index contributed by atoms with van der Waals surface area (Å²) in [5.74, 6) is -1.14. The summed E-state index contributed by atoms with van der Waals surface area (Å²) in [6.07, 6.45) is 3.39. The quantitative estimate of drug-likeness (QED) is 0.550. The average Bonchev–Trinajstić information content (AvgIpc) is 2.80. The van der Waals surface area contributed by atoms with Gasteiger partial charge in [-0.1, -0.05) is 27.2 Å². The molecule has 1 fully saturated rings. The van der Waals surface area contributed by atoms with Gasteiger partial charge in [-0.25, -0.2) is 9.78 Å². The number of hydrogen-bond acceptors (Lipinski definition) is 8. The van der Waals surface area contributed by atoms with Gasteiger partial charge in [0, 0.05) is 24.8 Å². The van der Waals surface area contributed by atoms with Crippen molar-refractivity contribution >= 4 is 11.9 Å². The Balaban J connectivity index is 2.16. The fourth-order valence-electron chi connectivity index (χ4n) is 3.63. The molecule has 0 aromatic carbocycles. The first kappa shape index (κ1) is 25.9. The molecule has 1 aromatic heterocycles. The molecule has 0 unspecified atom stereocenters. The molecule has 4 atom stereocenters. The van der Waals surface area contributed by atoms with Crippen LogP contribution >= 0.6 is 0 Å². The minimum atomic E-state index is -1.05. The topological polar surface area (TPSA) is 116 Å². The zero-order valence-electron chi connectivity index (χ0n) is 19.6. The first-order valence-electron chi connectivity index (χ1n) is 11.2. The molecule has 2 heterocycles. The Morgan fingerprint density at radius 3 is 2.78 bits per heavy atom. The van der Waals surface area contributed by atoms with Crippen molar-refractivity contribution in [1.29, 1.82) is 0 Å². The molecule has 0 radical (unpaired) electrons. The molecule has 180 valence electrons. The maximum atomic E-state index is 12.8. The molecule has 0 spiro atoms. The maximum absolute atomic E-state index is 12.8. The van der Waals surface area contributed by atoms with Gasteiger partial charge in [0.05, 0.1) is 26.4 Å². The minimum Gasteiger partial charge on any atom is -0.503 e. The highest BCUT2D eigenvalue weighted by Crippen LogP contribution is 2.28.